The van der Waals surface area contributed by atoms with Crippen molar-refractivity contribution in [3.8, 4) is 0 Å². The molecule has 0 rings (SSSR count). The van der Waals surface area contributed by atoms with Gasteiger partial charge in [0.2, 0.25) is 0 Å². The van der Waals surface area contributed by atoms with E-state index < -0.39 is 0 Å². The second kappa shape index (κ2) is 4.91. The van der Waals surface area contributed by atoms with Crippen molar-refractivity contribution in [1.82, 2.24) is 5.32 Å². The average molecular weight is 225 g/mol. The van der Waals surface area contributed by atoms with E-state index in [-0.39, 0.29) is 16.4 Å². The molecule has 1 heteroatoms. The Bertz CT molecular complexity index is 235. The Labute approximate surface area is 103 Å². The first-order chi connectivity index (χ1) is 6.86. The molecule has 0 aromatic carbocycles. The van der Waals surface area contributed by atoms with Crippen LogP contribution in [0.5, 0.6) is 0 Å². The monoisotopic (exact) mass is 225 g/mol. The van der Waals surface area contributed by atoms with Crippen LogP contribution in [0.3, 0.4) is 0 Å². The quantitative estimate of drug-likeness (QED) is 0.700. The van der Waals surface area contributed by atoms with E-state index in [9.17, 15) is 0 Å². The van der Waals surface area contributed by atoms with Crippen molar-refractivity contribution >= 4 is 0 Å². The third-order valence-electron chi connectivity index (χ3n) is 3.13. The molecule has 0 saturated carbocycles. The summed E-state index contributed by atoms with van der Waals surface area (Å²) in [7, 11) is 0. The van der Waals surface area contributed by atoms with E-state index in [0.29, 0.717) is 0 Å². The number of allylic oxidation sites excluding steroid dienone is 1. The molecule has 0 amide bonds. The second-order valence-corrected chi connectivity index (χ2v) is 7.54. The van der Waals surface area contributed by atoms with E-state index in [2.05, 4.69) is 67.3 Å². The molecule has 0 atom stereocenters. The van der Waals surface area contributed by atoms with Crippen LogP contribution in [0.2, 0.25) is 0 Å². The van der Waals surface area contributed by atoms with E-state index in [0.717, 1.165) is 13.0 Å². The molecule has 96 valence electrons. The van der Waals surface area contributed by atoms with Crippen LogP contribution in [-0.2, 0) is 0 Å². The van der Waals surface area contributed by atoms with E-state index in [1.807, 2.05) is 0 Å². The summed E-state index contributed by atoms with van der Waals surface area (Å²) in [6, 6.07) is 0. The molecular formula is C15H31N. The molecule has 0 radical (unpaired) electrons. The van der Waals surface area contributed by atoms with Gasteiger partial charge in [0.1, 0.15) is 0 Å². The number of rotatable bonds is 4. The highest BCUT2D eigenvalue weighted by molar-refractivity contribution is 5.14. The van der Waals surface area contributed by atoms with Crippen molar-refractivity contribution in [1.29, 1.82) is 0 Å². The molecule has 0 aliphatic heterocycles. The summed E-state index contributed by atoms with van der Waals surface area (Å²) in [5.74, 6) is 0. The highest BCUT2D eigenvalue weighted by atomic mass is 14.9. The van der Waals surface area contributed by atoms with Crippen LogP contribution in [-0.4, -0.2) is 12.1 Å². The van der Waals surface area contributed by atoms with Crippen molar-refractivity contribution in [3.05, 3.63) is 12.2 Å². The van der Waals surface area contributed by atoms with Crippen LogP contribution in [0.25, 0.3) is 0 Å². The minimum Gasteiger partial charge on any atom is -0.312 e. The van der Waals surface area contributed by atoms with Crippen molar-refractivity contribution in [3.63, 3.8) is 0 Å². The van der Waals surface area contributed by atoms with E-state index in [4.69, 9.17) is 0 Å². The first kappa shape index (κ1) is 15.7. The molecular weight excluding hydrogens is 194 g/mol. The highest BCUT2D eigenvalue weighted by Gasteiger charge is 2.29. The Morgan fingerprint density at radius 2 is 1.38 bits per heavy atom. The third kappa shape index (κ3) is 5.69. The van der Waals surface area contributed by atoms with Gasteiger partial charge in [-0.3, -0.25) is 0 Å². The minimum atomic E-state index is 0.200. The van der Waals surface area contributed by atoms with Crippen LogP contribution >= 0.6 is 0 Å². The predicted octanol–water partition coefficient (Wildman–Crippen LogP) is 4.39. The standard InChI is InChI=1S/C15H31N/c1-12(13(2,3)4)15(8,9)10-11-16-14(5,6)7/h16H,1,10-11H2,2-9H3. The van der Waals surface area contributed by atoms with Crippen LogP contribution in [0.1, 0.15) is 61.8 Å². The zero-order valence-corrected chi connectivity index (χ0v) is 12.6. The molecule has 0 bridgehead atoms. The maximum Gasteiger partial charge on any atom is 0.00965 e. The zero-order chi connectivity index (χ0) is 13.2. The second-order valence-electron chi connectivity index (χ2n) is 7.54. The molecule has 1 N–H and O–H groups in total. The van der Waals surface area contributed by atoms with Crippen molar-refractivity contribution in [2.45, 2.75) is 67.3 Å². The largest absolute Gasteiger partial charge is 0.312 e. The highest BCUT2D eigenvalue weighted by Crippen LogP contribution is 2.40. The van der Waals surface area contributed by atoms with Gasteiger partial charge in [0, 0.05) is 5.54 Å². The fourth-order valence-electron chi connectivity index (χ4n) is 1.92. The number of hydrogen-bond donors (Lipinski definition) is 1. The summed E-state index contributed by atoms with van der Waals surface area (Å²) in [5.41, 5.74) is 1.96. The third-order valence-corrected chi connectivity index (χ3v) is 3.13. The summed E-state index contributed by atoms with van der Waals surface area (Å²) < 4.78 is 0. The summed E-state index contributed by atoms with van der Waals surface area (Å²) in [6.07, 6.45) is 1.14. The lowest BCUT2D eigenvalue weighted by atomic mass is 9.70. The van der Waals surface area contributed by atoms with E-state index in [1.54, 1.807) is 0 Å². The van der Waals surface area contributed by atoms with Gasteiger partial charge in [-0.15, -0.1) is 0 Å². The van der Waals surface area contributed by atoms with Crippen molar-refractivity contribution < 1.29 is 0 Å². The summed E-state index contributed by atoms with van der Waals surface area (Å²) >= 11 is 0. The average Bonchev–Trinajstić information content (AvgIpc) is 1.98. The predicted molar refractivity (Wildman–Crippen MR) is 74.7 cm³/mol. The van der Waals surface area contributed by atoms with E-state index >= 15 is 0 Å². The van der Waals surface area contributed by atoms with Crippen LogP contribution in [0, 0.1) is 10.8 Å². The smallest absolute Gasteiger partial charge is 0.00965 e. The summed E-state index contributed by atoms with van der Waals surface area (Å²) in [6.45, 7) is 23.3. The molecule has 1 nitrogen and oxygen atoms in total. The zero-order valence-electron chi connectivity index (χ0n) is 12.6. The molecule has 0 aliphatic carbocycles. The Balaban J connectivity index is 4.32. The lowest BCUT2D eigenvalue weighted by Crippen LogP contribution is -2.38. The molecule has 0 aromatic heterocycles. The molecule has 0 aliphatic rings. The Kier molecular flexibility index (Phi) is 4.82. The lowest BCUT2D eigenvalue weighted by Gasteiger charge is -2.37. The Morgan fingerprint density at radius 1 is 0.938 bits per heavy atom. The Hall–Kier alpha value is -0.300. The maximum atomic E-state index is 4.28. The number of nitrogens with one attached hydrogen (secondary N) is 1. The summed E-state index contributed by atoms with van der Waals surface area (Å²) in [5, 5.41) is 3.54. The van der Waals surface area contributed by atoms with Crippen molar-refractivity contribution in [2.75, 3.05) is 6.54 Å². The first-order valence-electron chi connectivity index (χ1n) is 6.31. The van der Waals surface area contributed by atoms with Gasteiger partial charge in [-0.25, -0.2) is 0 Å². The molecule has 0 unspecified atom stereocenters. The molecule has 0 heterocycles. The van der Waals surface area contributed by atoms with Crippen molar-refractivity contribution in [2.24, 2.45) is 10.8 Å². The van der Waals surface area contributed by atoms with Gasteiger partial charge in [0.05, 0.1) is 0 Å². The van der Waals surface area contributed by atoms with Gasteiger partial charge in [0.25, 0.3) is 0 Å². The van der Waals surface area contributed by atoms with Gasteiger partial charge in [-0.05, 0) is 44.6 Å². The van der Waals surface area contributed by atoms with Gasteiger partial charge < -0.3 is 5.32 Å². The Morgan fingerprint density at radius 3 is 1.69 bits per heavy atom. The van der Waals surface area contributed by atoms with Crippen LogP contribution in [0.4, 0.5) is 0 Å². The molecule has 0 aromatic rings. The number of hydrogen-bond acceptors (Lipinski definition) is 1. The van der Waals surface area contributed by atoms with Gasteiger partial charge in [-0.2, -0.15) is 0 Å². The summed E-state index contributed by atoms with van der Waals surface area (Å²) in [4.78, 5) is 0. The van der Waals surface area contributed by atoms with E-state index in [1.165, 1.54) is 5.57 Å². The lowest BCUT2D eigenvalue weighted by molar-refractivity contribution is 0.297. The van der Waals surface area contributed by atoms with Gasteiger partial charge in [0.15, 0.2) is 0 Å². The molecule has 0 saturated heterocycles. The fourth-order valence-corrected chi connectivity index (χ4v) is 1.92. The SMILES string of the molecule is C=C(C(C)(C)C)C(C)(C)CCNC(C)(C)C. The first-order valence-corrected chi connectivity index (χ1v) is 6.31. The minimum absolute atomic E-state index is 0.200. The van der Waals surface area contributed by atoms with Crippen LogP contribution < -0.4 is 5.32 Å². The topological polar surface area (TPSA) is 12.0 Å². The van der Waals surface area contributed by atoms with Gasteiger partial charge in [-0.1, -0.05) is 46.8 Å². The van der Waals surface area contributed by atoms with Crippen LogP contribution in [0.15, 0.2) is 12.2 Å². The molecule has 0 fully saturated rings. The van der Waals surface area contributed by atoms with Gasteiger partial charge >= 0.3 is 0 Å². The molecule has 0 spiro atoms. The molecule has 16 heavy (non-hydrogen) atoms. The normalized spacial score (nSPS) is 14.0. The maximum absolute atomic E-state index is 4.28. The fraction of sp³-hybridized carbons (Fsp3) is 0.867.